The predicted octanol–water partition coefficient (Wildman–Crippen LogP) is 11.5. The zero-order chi connectivity index (χ0) is 34.3. The van der Waals surface area contributed by atoms with Crippen molar-refractivity contribution in [2.45, 2.75) is 24.2 Å². The predicted molar refractivity (Wildman–Crippen MR) is 208 cm³/mol. The van der Waals surface area contributed by atoms with Crippen molar-refractivity contribution in [1.82, 2.24) is 15.0 Å². The Morgan fingerprint density at radius 1 is 0.538 bits per heavy atom. The van der Waals surface area contributed by atoms with Crippen molar-refractivity contribution in [2.24, 2.45) is 5.41 Å². The molecule has 0 radical (unpaired) electrons. The smallest absolute Gasteiger partial charge is 0.164 e. The molecule has 4 nitrogen and oxygen atoms in total. The number of aromatic nitrogens is 3. The largest absolute Gasteiger partial charge is 0.456 e. The van der Waals surface area contributed by atoms with Crippen LogP contribution in [0, 0.1) is 5.41 Å². The fourth-order valence-electron chi connectivity index (χ4n) is 9.63. The number of allylic oxidation sites excluding steroid dienone is 4. The Morgan fingerprint density at radius 3 is 1.96 bits per heavy atom. The van der Waals surface area contributed by atoms with E-state index in [1.807, 2.05) is 30.3 Å². The fraction of sp³-hybridized carbons (Fsp3) is 0.104. The Labute approximate surface area is 301 Å². The summed E-state index contributed by atoms with van der Waals surface area (Å²) in [6.45, 7) is 0. The van der Waals surface area contributed by atoms with Crippen molar-refractivity contribution in [1.29, 1.82) is 0 Å². The van der Waals surface area contributed by atoms with Gasteiger partial charge in [0.1, 0.15) is 17.0 Å². The van der Waals surface area contributed by atoms with E-state index in [-0.39, 0.29) is 5.41 Å². The van der Waals surface area contributed by atoms with Gasteiger partial charge in [-0.15, -0.1) is 0 Å². The van der Waals surface area contributed by atoms with E-state index in [9.17, 15) is 0 Å². The zero-order valence-electron chi connectivity index (χ0n) is 28.4. The average Bonchev–Trinajstić information content (AvgIpc) is 3.61. The summed E-state index contributed by atoms with van der Waals surface area (Å²) in [5.74, 6) is 2.38. The van der Waals surface area contributed by atoms with Gasteiger partial charge in [-0.2, -0.15) is 0 Å². The lowest BCUT2D eigenvalue weighted by molar-refractivity contribution is 0.177. The SMILES string of the molecule is C1=CCC2(C=C1)CC1c3ccccc3C2(c2nc(-c3ccc(-c4ccccc4)cc3)nc(-c3cccc4oc5ccccc5c34)n2)c2ccccc21. The molecule has 1 atom stereocenters. The van der Waals surface area contributed by atoms with Crippen LogP contribution in [0.4, 0.5) is 0 Å². The summed E-state index contributed by atoms with van der Waals surface area (Å²) < 4.78 is 6.37. The number of para-hydroxylation sites is 1. The molecule has 2 aromatic heterocycles. The second-order valence-corrected chi connectivity index (χ2v) is 14.4. The maximum atomic E-state index is 6.37. The minimum atomic E-state index is -0.654. The van der Waals surface area contributed by atoms with Crippen LogP contribution in [0.1, 0.15) is 46.8 Å². The van der Waals surface area contributed by atoms with Crippen LogP contribution in [0.3, 0.4) is 0 Å². The molecule has 0 aliphatic heterocycles. The Morgan fingerprint density at radius 2 is 1.19 bits per heavy atom. The summed E-state index contributed by atoms with van der Waals surface area (Å²) in [5.41, 5.74) is 10.3. The molecule has 6 aromatic carbocycles. The molecule has 0 saturated heterocycles. The molecule has 0 N–H and O–H groups in total. The van der Waals surface area contributed by atoms with Gasteiger partial charge in [-0.05, 0) is 58.4 Å². The van der Waals surface area contributed by atoms with Crippen molar-refractivity contribution >= 4 is 21.9 Å². The minimum Gasteiger partial charge on any atom is -0.456 e. The van der Waals surface area contributed by atoms with Gasteiger partial charge in [0.15, 0.2) is 11.6 Å². The van der Waals surface area contributed by atoms with Gasteiger partial charge in [0.2, 0.25) is 0 Å². The molecule has 0 amide bonds. The highest BCUT2D eigenvalue weighted by atomic mass is 16.3. The molecule has 2 heterocycles. The fourth-order valence-corrected chi connectivity index (χ4v) is 9.63. The highest BCUT2D eigenvalue weighted by Crippen LogP contribution is 2.68. The van der Waals surface area contributed by atoms with E-state index >= 15 is 0 Å². The first kappa shape index (κ1) is 29.4. The van der Waals surface area contributed by atoms with E-state index in [0.717, 1.165) is 57.3 Å². The molecule has 246 valence electrons. The van der Waals surface area contributed by atoms with Gasteiger partial charge in [0.05, 0.1) is 5.41 Å². The number of benzene rings is 6. The third-order valence-corrected chi connectivity index (χ3v) is 11.8. The van der Waals surface area contributed by atoms with Gasteiger partial charge >= 0.3 is 0 Å². The van der Waals surface area contributed by atoms with Crippen LogP contribution in [0.15, 0.2) is 174 Å². The van der Waals surface area contributed by atoms with Gasteiger partial charge in [-0.25, -0.2) is 15.0 Å². The van der Waals surface area contributed by atoms with Crippen molar-refractivity contribution in [3.63, 3.8) is 0 Å². The first-order valence-corrected chi connectivity index (χ1v) is 18.1. The molecule has 52 heavy (non-hydrogen) atoms. The lowest BCUT2D eigenvalue weighted by Crippen LogP contribution is -2.56. The van der Waals surface area contributed by atoms with Crippen molar-refractivity contribution < 1.29 is 4.42 Å². The van der Waals surface area contributed by atoms with Crippen LogP contribution in [-0.2, 0) is 5.41 Å². The molecule has 0 saturated carbocycles. The van der Waals surface area contributed by atoms with Gasteiger partial charge in [0.25, 0.3) is 0 Å². The van der Waals surface area contributed by atoms with Crippen molar-refractivity contribution in [2.75, 3.05) is 0 Å². The van der Waals surface area contributed by atoms with Crippen LogP contribution >= 0.6 is 0 Å². The highest BCUT2D eigenvalue weighted by Gasteiger charge is 2.64. The molecule has 12 rings (SSSR count). The van der Waals surface area contributed by atoms with Gasteiger partial charge in [-0.1, -0.05) is 158 Å². The Bertz CT molecular complexity index is 2710. The Kier molecular flexibility index (Phi) is 6.24. The summed E-state index contributed by atoms with van der Waals surface area (Å²) in [6.07, 6.45) is 11.1. The molecule has 1 spiro atoms. The average molecular weight is 668 g/mol. The quantitative estimate of drug-likeness (QED) is 0.187. The van der Waals surface area contributed by atoms with E-state index in [1.54, 1.807) is 0 Å². The second kappa shape index (κ2) is 11.1. The summed E-state index contributed by atoms with van der Waals surface area (Å²) in [7, 11) is 0. The number of rotatable bonds is 4. The molecular weight excluding hydrogens is 635 g/mol. The second-order valence-electron chi connectivity index (χ2n) is 14.4. The van der Waals surface area contributed by atoms with Crippen LogP contribution in [0.5, 0.6) is 0 Å². The Hall–Kier alpha value is -6.39. The summed E-state index contributed by atoms with van der Waals surface area (Å²) >= 11 is 0. The van der Waals surface area contributed by atoms with E-state index in [4.69, 9.17) is 19.4 Å². The van der Waals surface area contributed by atoms with Crippen molar-refractivity contribution in [3.05, 3.63) is 198 Å². The normalized spacial score (nSPS) is 21.1. The zero-order valence-corrected chi connectivity index (χ0v) is 28.4. The molecule has 1 unspecified atom stereocenters. The molecule has 8 aromatic rings. The van der Waals surface area contributed by atoms with Gasteiger partial charge in [-0.3, -0.25) is 0 Å². The first-order chi connectivity index (χ1) is 25.7. The van der Waals surface area contributed by atoms with Crippen LogP contribution in [0.25, 0.3) is 55.8 Å². The third kappa shape index (κ3) is 4.00. The molecular formula is C48H33N3O. The number of hydrogen-bond acceptors (Lipinski definition) is 4. The number of nitrogens with zero attached hydrogens (tertiary/aromatic N) is 3. The number of fused-ring (bicyclic) bond motifs is 3. The standard InChI is InChI=1S/C48H33N3O/c1-3-14-31(15-4-1)32-24-26-33(27-25-32)44-49-45(37-19-13-23-42-43(37)36-18-7-10-22-41(36)52-42)51-46(50-44)48-39-20-8-5-16-34(39)38(35-17-6-9-21-40(35)48)30-47(48)28-11-2-12-29-47/h1-28,38H,29-30H2. The topological polar surface area (TPSA) is 51.8 Å². The first-order valence-electron chi connectivity index (χ1n) is 18.1. The highest BCUT2D eigenvalue weighted by molar-refractivity contribution is 6.11. The maximum Gasteiger partial charge on any atom is 0.164 e. The molecule has 4 heteroatoms. The number of hydrogen-bond donors (Lipinski definition) is 0. The summed E-state index contributed by atoms with van der Waals surface area (Å²) in [5, 5.41) is 2.06. The molecule has 4 aliphatic rings. The van der Waals surface area contributed by atoms with Gasteiger partial charge in [0, 0.05) is 33.2 Å². The Balaban J connectivity index is 1.24. The monoisotopic (exact) mass is 667 g/mol. The number of furan rings is 1. The minimum absolute atomic E-state index is 0.267. The third-order valence-electron chi connectivity index (χ3n) is 11.8. The van der Waals surface area contributed by atoms with E-state index in [2.05, 4.69) is 140 Å². The van der Waals surface area contributed by atoms with Crippen molar-refractivity contribution in [3.8, 4) is 33.9 Å². The van der Waals surface area contributed by atoms with E-state index < -0.39 is 5.41 Å². The van der Waals surface area contributed by atoms with Crippen LogP contribution in [-0.4, -0.2) is 15.0 Å². The molecule has 0 fully saturated rings. The van der Waals surface area contributed by atoms with E-state index in [1.165, 1.54) is 27.8 Å². The molecule has 2 bridgehead atoms. The lowest BCUT2D eigenvalue weighted by Gasteiger charge is -2.59. The van der Waals surface area contributed by atoms with Gasteiger partial charge < -0.3 is 4.42 Å². The summed E-state index contributed by atoms with van der Waals surface area (Å²) in [6, 6.07) is 51.6. The van der Waals surface area contributed by atoms with E-state index in [0.29, 0.717) is 17.6 Å². The maximum absolute atomic E-state index is 6.37. The van der Waals surface area contributed by atoms with Crippen LogP contribution < -0.4 is 0 Å². The molecule has 4 aliphatic carbocycles. The summed E-state index contributed by atoms with van der Waals surface area (Å²) in [4.78, 5) is 16.6. The van der Waals surface area contributed by atoms with Crippen LogP contribution in [0.2, 0.25) is 0 Å². The lowest BCUT2D eigenvalue weighted by atomic mass is 9.42.